The first kappa shape index (κ1) is 23.5. The third-order valence-corrected chi connectivity index (χ3v) is 8.35. The van der Waals surface area contributed by atoms with E-state index in [1.165, 1.54) is 20.2 Å². The van der Waals surface area contributed by atoms with Crippen molar-refractivity contribution in [2.75, 3.05) is 0 Å². The van der Waals surface area contributed by atoms with Crippen LogP contribution in [-0.4, -0.2) is 24.9 Å². The monoisotopic (exact) mass is 543 g/mol. The Balaban J connectivity index is 1.26. The average molecular weight is 544 g/mol. The van der Waals surface area contributed by atoms with E-state index in [1.54, 1.807) is 11.3 Å². The first-order valence-corrected chi connectivity index (χ1v) is 14.2. The number of hydrogen-bond acceptors (Lipinski definition) is 6. The Morgan fingerprint density at radius 2 is 1.12 bits per heavy atom. The molecule has 8 aromatic rings. The van der Waals surface area contributed by atoms with Crippen molar-refractivity contribution in [1.29, 1.82) is 0 Å². The SMILES string of the molecule is c1ccc(-c2nc(-c3ccccc3)nc(-c3ccc4c(-c5cc6c(cn5)sc5ccccc56)nccc4c3)n2)cc1. The number of benzene rings is 4. The molecule has 0 spiro atoms. The minimum atomic E-state index is 0.627. The second kappa shape index (κ2) is 9.70. The van der Waals surface area contributed by atoms with Crippen molar-refractivity contribution in [3.8, 4) is 45.6 Å². The molecule has 192 valence electrons. The lowest BCUT2D eigenvalue weighted by Crippen LogP contribution is -2.00. The number of thiophene rings is 1. The van der Waals surface area contributed by atoms with Crippen LogP contribution in [-0.2, 0) is 0 Å². The Hall–Kier alpha value is -5.33. The van der Waals surface area contributed by atoms with Crippen LogP contribution in [0.1, 0.15) is 0 Å². The van der Waals surface area contributed by atoms with Crippen LogP contribution >= 0.6 is 11.3 Å². The molecule has 0 N–H and O–H groups in total. The van der Waals surface area contributed by atoms with Crippen LogP contribution < -0.4 is 0 Å². The molecule has 4 aromatic heterocycles. The number of aromatic nitrogens is 5. The van der Waals surface area contributed by atoms with Crippen LogP contribution in [0.5, 0.6) is 0 Å². The van der Waals surface area contributed by atoms with Gasteiger partial charge in [0.15, 0.2) is 17.5 Å². The van der Waals surface area contributed by atoms with Gasteiger partial charge in [-0.3, -0.25) is 9.97 Å². The molecule has 6 heteroatoms. The number of hydrogen-bond donors (Lipinski definition) is 0. The van der Waals surface area contributed by atoms with Gasteiger partial charge in [-0.25, -0.2) is 15.0 Å². The van der Waals surface area contributed by atoms with E-state index in [1.807, 2.05) is 79.1 Å². The van der Waals surface area contributed by atoms with Gasteiger partial charge in [0.2, 0.25) is 0 Å². The quantitative estimate of drug-likeness (QED) is 0.222. The molecule has 5 nitrogen and oxygen atoms in total. The van der Waals surface area contributed by atoms with Crippen molar-refractivity contribution in [1.82, 2.24) is 24.9 Å². The number of pyridine rings is 2. The molecule has 0 aliphatic heterocycles. The van der Waals surface area contributed by atoms with Gasteiger partial charge in [0.25, 0.3) is 0 Å². The van der Waals surface area contributed by atoms with Gasteiger partial charge >= 0.3 is 0 Å². The van der Waals surface area contributed by atoms with Crippen molar-refractivity contribution in [2.45, 2.75) is 0 Å². The summed E-state index contributed by atoms with van der Waals surface area (Å²) in [5, 5.41) is 4.53. The van der Waals surface area contributed by atoms with E-state index in [-0.39, 0.29) is 0 Å². The molecular weight excluding hydrogens is 522 g/mol. The van der Waals surface area contributed by atoms with Crippen LogP contribution in [0.25, 0.3) is 76.5 Å². The zero-order valence-electron chi connectivity index (χ0n) is 21.8. The van der Waals surface area contributed by atoms with Crippen molar-refractivity contribution >= 4 is 42.3 Å². The number of rotatable bonds is 4. The zero-order chi connectivity index (χ0) is 27.2. The van der Waals surface area contributed by atoms with E-state index in [4.69, 9.17) is 24.9 Å². The summed E-state index contributed by atoms with van der Waals surface area (Å²) < 4.78 is 2.44. The lowest BCUT2D eigenvalue weighted by atomic mass is 10.0. The Morgan fingerprint density at radius 1 is 0.463 bits per heavy atom. The predicted octanol–water partition coefficient (Wildman–Crippen LogP) is 8.85. The van der Waals surface area contributed by atoms with Crippen molar-refractivity contribution in [2.24, 2.45) is 0 Å². The maximum atomic E-state index is 4.89. The molecule has 0 atom stereocenters. The molecule has 0 radical (unpaired) electrons. The minimum absolute atomic E-state index is 0.627. The van der Waals surface area contributed by atoms with Crippen LogP contribution in [0, 0.1) is 0 Å². The average Bonchev–Trinajstić information content (AvgIpc) is 3.43. The lowest BCUT2D eigenvalue weighted by Gasteiger charge is -2.10. The molecule has 0 aliphatic rings. The van der Waals surface area contributed by atoms with Crippen molar-refractivity contribution in [3.63, 3.8) is 0 Å². The molecule has 0 amide bonds. The smallest absolute Gasteiger partial charge is 0.164 e. The maximum absolute atomic E-state index is 4.89. The topological polar surface area (TPSA) is 64.5 Å². The van der Waals surface area contributed by atoms with Gasteiger partial charge in [0.05, 0.1) is 16.1 Å². The highest BCUT2D eigenvalue weighted by Gasteiger charge is 2.15. The summed E-state index contributed by atoms with van der Waals surface area (Å²) >= 11 is 1.77. The normalized spacial score (nSPS) is 11.4. The molecule has 0 aliphatic carbocycles. The molecule has 41 heavy (non-hydrogen) atoms. The highest BCUT2D eigenvalue weighted by Crippen LogP contribution is 2.36. The molecule has 0 fully saturated rings. The molecule has 0 bridgehead atoms. The van der Waals surface area contributed by atoms with Gasteiger partial charge in [-0.05, 0) is 29.7 Å². The van der Waals surface area contributed by atoms with E-state index < -0.39 is 0 Å². The van der Waals surface area contributed by atoms with Gasteiger partial charge in [-0.15, -0.1) is 11.3 Å². The standard InChI is InChI=1S/C35H21N5S/c1-3-9-22(10-4-1)33-38-34(23-11-5-2-6-12-23)40-35(39-33)25-15-16-26-24(19-25)17-18-36-32(26)29-20-28-27-13-7-8-14-30(27)41-31(28)21-37-29/h1-21H. The third kappa shape index (κ3) is 4.22. The zero-order valence-corrected chi connectivity index (χ0v) is 22.6. The third-order valence-electron chi connectivity index (χ3n) is 7.23. The van der Waals surface area contributed by atoms with E-state index in [0.717, 1.165) is 38.9 Å². The highest BCUT2D eigenvalue weighted by atomic mass is 32.1. The first-order valence-electron chi connectivity index (χ1n) is 13.3. The second-order valence-corrected chi connectivity index (χ2v) is 10.9. The van der Waals surface area contributed by atoms with Gasteiger partial charge < -0.3 is 0 Å². The summed E-state index contributed by atoms with van der Waals surface area (Å²) in [4.78, 5) is 24.2. The fraction of sp³-hybridized carbons (Fsp3) is 0. The molecule has 0 saturated heterocycles. The van der Waals surface area contributed by atoms with Gasteiger partial charge in [0, 0.05) is 49.9 Å². The molecule has 0 saturated carbocycles. The van der Waals surface area contributed by atoms with Crippen LogP contribution in [0.3, 0.4) is 0 Å². The Morgan fingerprint density at radius 3 is 1.85 bits per heavy atom. The Kier molecular flexibility index (Phi) is 5.57. The Bertz CT molecular complexity index is 2150. The summed E-state index contributed by atoms with van der Waals surface area (Å²) in [5.74, 6) is 1.91. The molecule has 8 rings (SSSR count). The Labute approximate surface area is 239 Å². The fourth-order valence-electron chi connectivity index (χ4n) is 5.22. The molecular formula is C35H21N5S. The molecule has 0 unspecified atom stereocenters. The largest absolute Gasteiger partial charge is 0.254 e. The van der Waals surface area contributed by atoms with Crippen LogP contribution in [0.2, 0.25) is 0 Å². The minimum Gasteiger partial charge on any atom is -0.254 e. The van der Waals surface area contributed by atoms with E-state index >= 15 is 0 Å². The predicted molar refractivity (Wildman–Crippen MR) is 168 cm³/mol. The highest BCUT2D eigenvalue weighted by molar-refractivity contribution is 7.25. The van der Waals surface area contributed by atoms with Crippen molar-refractivity contribution < 1.29 is 0 Å². The van der Waals surface area contributed by atoms with Crippen molar-refractivity contribution in [3.05, 3.63) is 128 Å². The first-order chi connectivity index (χ1) is 20.3. The van der Waals surface area contributed by atoms with E-state index in [0.29, 0.717) is 17.5 Å². The summed E-state index contributed by atoms with van der Waals surface area (Å²) in [6.45, 7) is 0. The fourth-order valence-corrected chi connectivity index (χ4v) is 6.28. The van der Waals surface area contributed by atoms with E-state index in [2.05, 4.69) is 48.5 Å². The second-order valence-electron chi connectivity index (χ2n) is 9.80. The number of nitrogens with zero attached hydrogens (tertiary/aromatic N) is 5. The van der Waals surface area contributed by atoms with Gasteiger partial charge in [0.1, 0.15) is 0 Å². The van der Waals surface area contributed by atoms with Gasteiger partial charge in [-0.1, -0.05) is 91.0 Å². The lowest BCUT2D eigenvalue weighted by molar-refractivity contribution is 1.07. The summed E-state index contributed by atoms with van der Waals surface area (Å²) in [6.07, 6.45) is 3.81. The molecule has 4 heterocycles. The maximum Gasteiger partial charge on any atom is 0.164 e. The summed E-state index contributed by atoms with van der Waals surface area (Å²) in [6, 6.07) is 39.0. The summed E-state index contributed by atoms with van der Waals surface area (Å²) in [5.41, 5.74) is 4.53. The van der Waals surface area contributed by atoms with Gasteiger partial charge in [-0.2, -0.15) is 0 Å². The molecule has 4 aromatic carbocycles. The summed E-state index contributed by atoms with van der Waals surface area (Å²) in [7, 11) is 0. The van der Waals surface area contributed by atoms with Crippen LogP contribution in [0.4, 0.5) is 0 Å². The van der Waals surface area contributed by atoms with E-state index in [9.17, 15) is 0 Å². The number of fused-ring (bicyclic) bond motifs is 4. The van der Waals surface area contributed by atoms with Crippen LogP contribution in [0.15, 0.2) is 128 Å².